The molecule has 3 fully saturated rings. The Labute approximate surface area is 130 Å². The van der Waals surface area contributed by atoms with E-state index in [0.29, 0.717) is 44.9 Å². The van der Waals surface area contributed by atoms with E-state index >= 15 is 0 Å². The monoisotopic (exact) mass is 308 g/mol. The van der Waals surface area contributed by atoms with Crippen molar-refractivity contribution in [2.75, 3.05) is 26.3 Å². The highest BCUT2D eigenvalue weighted by Crippen LogP contribution is 2.40. The average molecular weight is 308 g/mol. The highest BCUT2D eigenvalue weighted by Gasteiger charge is 2.42. The minimum absolute atomic E-state index is 0.171. The van der Waals surface area contributed by atoms with Gasteiger partial charge in [-0.3, -0.25) is 19.7 Å². The van der Waals surface area contributed by atoms with E-state index in [2.05, 4.69) is 5.32 Å². The van der Waals surface area contributed by atoms with E-state index in [0.717, 1.165) is 32.3 Å². The molecule has 3 heterocycles. The van der Waals surface area contributed by atoms with Gasteiger partial charge in [0.2, 0.25) is 17.7 Å². The van der Waals surface area contributed by atoms with Gasteiger partial charge in [0.15, 0.2) is 0 Å². The number of amides is 3. The molecule has 1 spiro atoms. The Morgan fingerprint density at radius 2 is 1.91 bits per heavy atom. The summed E-state index contributed by atoms with van der Waals surface area (Å²) in [6, 6.07) is 0. The minimum atomic E-state index is -0.218. The number of imide groups is 1. The molecule has 0 unspecified atom stereocenters. The van der Waals surface area contributed by atoms with Crippen LogP contribution in [0.3, 0.4) is 0 Å². The van der Waals surface area contributed by atoms with Gasteiger partial charge in [0, 0.05) is 45.6 Å². The molecule has 1 atom stereocenters. The van der Waals surface area contributed by atoms with E-state index in [9.17, 15) is 14.4 Å². The smallest absolute Gasteiger partial charge is 0.227 e. The van der Waals surface area contributed by atoms with Crippen molar-refractivity contribution in [1.29, 1.82) is 0 Å². The first-order valence-corrected chi connectivity index (χ1v) is 8.25. The summed E-state index contributed by atoms with van der Waals surface area (Å²) in [5, 5.41) is 2.37. The SMILES string of the molecule is O=C1CC2(CCN(C(=O)C[C@H]3CCCOC3)CC2)CC(=O)N1. The summed E-state index contributed by atoms with van der Waals surface area (Å²) >= 11 is 0. The number of nitrogens with one attached hydrogen (secondary N) is 1. The van der Waals surface area contributed by atoms with Crippen LogP contribution in [0.15, 0.2) is 0 Å². The van der Waals surface area contributed by atoms with Gasteiger partial charge in [0.1, 0.15) is 0 Å². The predicted octanol–water partition coefficient (Wildman–Crippen LogP) is 0.849. The number of hydrogen-bond acceptors (Lipinski definition) is 4. The third-order valence-corrected chi connectivity index (χ3v) is 5.24. The molecule has 6 nitrogen and oxygen atoms in total. The van der Waals surface area contributed by atoms with Crippen molar-refractivity contribution in [2.24, 2.45) is 11.3 Å². The number of nitrogens with zero attached hydrogens (tertiary/aromatic N) is 1. The molecule has 3 aliphatic rings. The summed E-state index contributed by atoms with van der Waals surface area (Å²) in [6.07, 6.45) is 5.00. The van der Waals surface area contributed by atoms with Gasteiger partial charge in [0.25, 0.3) is 0 Å². The van der Waals surface area contributed by atoms with E-state index in [4.69, 9.17) is 4.74 Å². The van der Waals surface area contributed by atoms with Gasteiger partial charge in [0.05, 0.1) is 0 Å². The van der Waals surface area contributed by atoms with E-state index in [1.807, 2.05) is 4.90 Å². The number of likely N-dealkylation sites (tertiary alicyclic amines) is 1. The first-order chi connectivity index (χ1) is 10.6. The largest absolute Gasteiger partial charge is 0.381 e. The molecular formula is C16H24N2O4. The lowest BCUT2D eigenvalue weighted by atomic mass is 9.71. The van der Waals surface area contributed by atoms with Crippen LogP contribution in [0.1, 0.15) is 44.9 Å². The number of ether oxygens (including phenoxy) is 1. The summed E-state index contributed by atoms with van der Waals surface area (Å²) in [7, 11) is 0. The second-order valence-corrected chi connectivity index (χ2v) is 6.99. The van der Waals surface area contributed by atoms with Crippen molar-refractivity contribution in [3.8, 4) is 0 Å². The molecule has 0 bridgehead atoms. The van der Waals surface area contributed by atoms with Gasteiger partial charge < -0.3 is 9.64 Å². The van der Waals surface area contributed by atoms with Gasteiger partial charge in [-0.05, 0) is 37.0 Å². The molecule has 0 saturated carbocycles. The number of carbonyl (C=O) groups is 3. The standard InChI is InChI=1S/C16H24N2O4/c19-13-9-16(10-14(20)17-13)3-5-18(6-4-16)15(21)8-12-2-1-7-22-11-12/h12H,1-11H2,(H,17,19,20)/t12-/m1/s1. The summed E-state index contributed by atoms with van der Waals surface area (Å²) in [6.45, 7) is 2.82. The third kappa shape index (κ3) is 3.48. The lowest BCUT2D eigenvalue weighted by Gasteiger charge is -2.43. The molecule has 0 radical (unpaired) electrons. The van der Waals surface area contributed by atoms with E-state index in [1.54, 1.807) is 0 Å². The fraction of sp³-hybridized carbons (Fsp3) is 0.812. The Bertz CT molecular complexity index is 445. The van der Waals surface area contributed by atoms with E-state index < -0.39 is 0 Å². The molecule has 3 saturated heterocycles. The zero-order valence-corrected chi connectivity index (χ0v) is 12.9. The Morgan fingerprint density at radius 1 is 1.23 bits per heavy atom. The van der Waals surface area contributed by atoms with Crippen molar-refractivity contribution in [3.05, 3.63) is 0 Å². The van der Waals surface area contributed by atoms with Gasteiger partial charge in [-0.1, -0.05) is 0 Å². The van der Waals surface area contributed by atoms with Crippen LogP contribution in [-0.4, -0.2) is 48.9 Å². The molecule has 3 amide bonds. The molecule has 0 aliphatic carbocycles. The van der Waals surface area contributed by atoms with Crippen molar-refractivity contribution >= 4 is 17.7 Å². The Kier molecular flexibility index (Phi) is 4.47. The first-order valence-electron chi connectivity index (χ1n) is 8.25. The van der Waals surface area contributed by atoms with Crippen molar-refractivity contribution in [1.82, 2.24) is 10.2 Å². The summed E-state index contributed by atoms with van der Waals surface area (Å²) < 4.78 is 5.43. The van der Waals surface area contributed by atoms with Crippen molar-refractivity contribution in [3.63, 3.8) is 0 Å². The van der Waals surface area contributed by atoms with Crippen LogP contribution in [0.4, 0.5) is 0 Å². The van der Waals surface area contributed by atoms with Crippen LogP contribution in [-0.2, 0) is 19.1 Å². The molecule has 3 aliphatic heterocycles. The first kappa shape index (κ1) is 15.5. The Balaban J connectivity index is 1.51. The number of carbonyl (C=O) groups excluding carboxylic acids is 3. The zero-order chi connectivity index (χ0) is 15.6. The normalized spacial score (nSPS) is 28.5. The molecule has 6 heteroatoms. The van der Waals surface area contributed by atoms with Gasteiger partial charge in [-0.2, -0.15) is 0 Å². The topological polar surface area (TPSA) is 75.7 Å². The third-order valence-electron chi connectivity index (χ3n) is 5.24. The summed E-state index contributed by atoms with van der Waals surface area (Å²) in [5.41, 5.74) is -0.218. The molecule has 22 heavy (non-hydrogen) atoms. The van der Waals surface area contributed by atoms with Crippen molar-refractivity contribution < 1.29 is 19.1 Å². The van der Waals surface area contributed by atoms with Gasteiger partial charge in [-0.25, -0.2) is 0 Å². The van der Waals surface area contributed by atoms with Crippen LogP contribution in [0, 0.1) is 11.3 Å². The van der Waals surface area contributed by atoms with E-state index in [-0.39, 0.29) is 23.1 Å². The Hall–Kier alpha value is -1.43. The highest BCUT2D eigenvalue weighted by molar-refractivity contribution is 5.98. The van der Waals surface area contributed by atoms with Crippen LogP contribution in [0.5, 0.6) is 0 Å². The van der Waals surface area contributed by atoms with Crippen molar-refractivity contribution in [2.45, 2.75) is 44.9 Å². The fourth-order valence-electron chi connectivity index (χ4n) is 3.92. The van der Waals surface area contributed by atoms with Crippen LogP contribution >= 0.6 is 0 Å². The molecular weight excluding hydrogens is 284 g/mol. The second-order valence-electron chi connectivity index (χ2n) is 6.99. The maximum atomic E-state index is 12.4. The predicted molar refractivity (Wildman–Crippen MR) is 78.8 cm³/mol. The zero-order valence-electron chi connectivity index (χ0n) is 12.9. The highest BCUT2D eigenvalue weighted by atomic mass is 16.5. The maximum absolute atomic E-state index is 12.4. The molecule has 1 N–H and O–H groups in total. The quantitative estimate of drug-likeness (QED) is 0.767. The lowest BCUT2D eigenvalue weighted by Crippen LogP contribution is -2.51. The van der Waals surface area contributed by atoms with Gasteiger partial charge in [-0.15, -0.1) is 0 Å². The van der Waals surface area contributed by atoms with Crippen LogP contribution in [0.25, 0.3) is 0 Å². The van der Waals surface area contributed by atoms with Gasteiger partial charge >= 0.3 is 0 Å². The minimum Gasteiger partial charge on any atom is -0.381 e. The average Bonchev–Trinajstić information content (AvgIpc) is 2.47. The fourth-order valence-corrected chi connectivity index (χ4v) is 3.92. The molecule has 0 aromatic carbocycles. The van der Waals surface area contributed by atoms with E-state index in [1.165, 1.54) is 0 Å². The molecule has 0 aromatic heterocycles. The summed E-state index contributed by atoms with van der Waals surface area (Å²) in [4.78, 5) is 37.5. The molecule has 3 rings (SSSR count). The number of rotatable bonds is 2. The maximum Gasteiger partial charge on any atom is 0.227 e. The second kappa shape index (κ2) is 6.36. The van der Waals surface area contributed by atoms with Crippen LogP contribution in [0.2, 0.25) is 0 Å². The lowest BCUT2D eigenvalue weighted by molar-refractivity contribution is -0.141. The number of hydrogen-bond donors (Lipinski definition) is 1. The molecule has 0 aromatic rings. The molecule has 122 valence electrons. The number of piperidine rings is 2. The van der Waals surface area contributed by atoms with Crippen LogP contribution < -0.4 is 5.32 Å². The Morgan fingerprint density at radius 3 is 2.50 bits per heavy atom. The summed E-state index contributed by atoms with van der Waals surface area (Å²) in [5.74, 6) is 0.196.